The minimum absolute atomic E-state index is 0.0227. The summed E-state index contributed by atoms with van der Waals surface area (Å²) in [6.07, 6.45) is 0.989. The van der Waals surface area contributed by atoms with Gasteiger partial charge < -0.3 is 11.1 Å². The molecule has 4 heteroatoms. The van der Waals surface area contributed by atoms with E-state index in [1.54, 1.807) is 0 Å². The van der Waals surface area contributed by atoms with E-state index in [1.165, 1.54) is 0 Å². The molecule has 0 aromatic heterocycles. The van der Waals surface area contributed by atoms with Gasteiger partial charge in [-0.05, 0) is 55.5 Å². The van der Waals surface area contributed by atoms with Gasteiger partial charge in [0, 0.05) is 17.2 Å². The molecule has 0 aliphatic rings. The summed E-state index contributed by atoms with van der Waals surface area (Å²) >= 11 is 1.89. The summed E-state index contributed by atoms with van der Waals surface area (Å²) in [5, 5.41) is 3.04. The van der Waals surface area contributed by atoms with Crippen LogP contribution in [0.15, 0.2) is 18.2 Å². The Balaban J connectivity index is 2.64. The molecule has 1 atom stereocenters. The van der Waals surface area contributed by atoms with Crippen molar-refractivity contribution in [3.05, 3.63) is 34.9 Å². The third-order valence-electron chi connectivity index (χ3n) is 3.09. The second-order valence-corrected chi connectivity index (χ2v) is 6.29. The predicted octanol–water partition coefficient (Wildman–Crippen LogP) is 2.57. The molecule has 1 rings (SSSR count). The molecule has 0 aliphatic carbocycles. The Morgan fingerprint density at radius 1 is 1.48 bits per heavy atom. The van der Waals surface area contributed by atoms with Crippen molar-refractivity contribution in [3.63, 3.8) is 0 Å². The molecule has 3 N–H and O–H groups in total. The van der Waals surface area contributed by atoms with E-state index < -0.39 is 0 Å². The fourth-order valence-corrected chi connectivity index (χ4v) is 2.68. The van der Waals surface area contributed by atoms with Gasteiger partial charge in [-0.2, -0.15) is 11.8 Å². The van der Waals surface area contributed by atoms with E-state index >= 15 is 0 Å². The van der Waals surface area contributed by atoms with Crippen LogP contribution in [0, 0.1) is 18.8 Å². The molecule has 0 fully saturated rings. The van der Waals surface area contributed by atoms with Crippen LogP contribution in [0.1, 0.15) is 41.8 Å². The van der Waals surface area contributed by atoms with Gasteiger partial charge in [0.15, 0.2) is 0 Å². The van der Waals surface area contributed by atoms with E-state index in [-0.39, 0.29) is 11.9 Å². The maximum Gasteiger partial charge on any atom is 0.251 e. The van der Waals surface area contributed by atoms with Crippen LogP contribution in [-0.4, -0.2) is 30.0 Å². The highest BCUT2D eigenvalue weighted by atomic mass is 32.2. The Morgan fingerprint density at radius 2 is 2.24 bits per heavy atom. The summed E-state index contributed by atoms with van der Waals surface area (Å²) < 4.78 is 0. The van der Waals surface area contributed by atoms with Crippen molar-refractivity contribution < 1.29 is 4.79 Å². The molecule has 1 aromatic carbocycles. The maximum absolute atomic E-state index is 12.2. The highest BCUT2D eigenvalue weighted by Gasteiger charge is 2.10. The zero-order valence-electron chi connectivity index (χ0n) is 13.0. The number of benzene rings is 1. The topological polar surface area (TPSA) is 55.1 Å². The minimum Gasteiger partial charge on any atom is -0.350 e. The van der Waals surface area contributed by atoms with Crippen molar-refractivity contribution in [1.29, 1.82) is 0 Å². The van der Waals surface area contributed by atoms with Crippen molar-refractivity contribution >= 4 is 17.7 Å². The standard InChI is InChI=1S/C17H24N2OS/c1-4-21-11-9-14(3)19-17(20)16-8-7-15(6-5-10-18)13(2)12-16/h7-8,12,14H,4,9-11,18H2,1-3H3,(H,19,20). The van der Waals surface area contributed by atoms with Gasteiger partial charge in [0.1, 0.15) is 0 Å². The summed E-state index contributed by atoms with van der Waals surface area (Å²) in [6.45, 7) is 6.49. The molecule has 1 aromatic rings. The van der Waals surface area contributed by atoms with Gasteiger partial charge in [0.2, 0.25) is 0 Å². The lowest BCUT2D eigenvalue weighted by Crippen LogP contribution is -2.33. The largest absolute Gasteiger partial charge is 0.350 e. The number of carbonyl (C=O) groups is 1. The molecule has 0 bridgehead atoms. The fourth-order valence-electron chi connectivity index (χ4n) is 1.88. The summed E-state index contributed by atoms with van der Waals surface area (Å²) in [5.41, 5.74) is 7.97. The number of carbonyl (C=O) groups excluding carboxylic acids is 1. The number of amides is 1. The molecular weight excluding hydrogens is 280 g/mol. The quantitative estimate of drug-likeness (QED) is 0.627. The van der Waals surface area contributed by atoms with Gasteiger partial charge in [-0.15, -0.1) is 0 Å². The number of aryl methyl sites for hydroxylation is 1. The average Bonchev–Trinajstić information content (AvgIpc) is 2.46. The smallest absolute Gasteiger partial charge is 0.251 e. The molecule has 0 spiro atoms. The number of nitrogens with one attached hydrogen (secondary N) is 1. The molecule has 0 heterocycles. The van der Waals surface area contributed by atoms with E-state index in [1.807, 2.05) is 43.8 Å². The van der Waals surface area contributed by atoms with Gasteiger partial charge in [-0.1, -0.05) is 18.8 Å². The van der Waals surface area contributed by atoms with E-state index in [0.29, 0.717) is 12.1 Å². The lowest BCUT2D eigenvalue weighted by Gasteiger charge is -2.14. The summed E-state index contributed by atoms with van der Waals surface area (Å²) in [5.74, 6) is 8.00. The zero-order chi connectivity index (χ0) is 15.7. The molecule has 21 heavy (non-hydrogen) atoms. The normalized spacial score (nSPS) is 11.4. The Hall–Kier alpha value is -1.44. The van der Waals surface area contributed by atoms with Gasteiger partial charge in [0.25, 0.3) is 5.91 Å². The average molecular weight is 304 g/mol. The van der Waals surface area contributed by atoms with Gasteiger partial charge >= 0.3 is 0 Å². The molecule has 0 saturated carbocycles. The van der Waals surface area contributed by atoms with E-state index in [9.17, 15) is 4.79 Å². The van der Waals surface area contributed by atoms with E-state index in [0.717, 1.165) is 29.1 Å². The first-order chi connectivity index (χ1) is 10.1. The van der Waals surface area contributed by atoms with Crippen molar-refractivity contribution in [2.24, 2.45) is 5.73 Å². The maximum atomic E-state index is 12.2. The van der Waals surface area contributed by atoms with Crippen LogP contribution in [0.4, 0.5) is 0 Å². The van der Waals surface area contributed by atoms with Gasteiger partial charge in [0.05, 0.1) is 6.54 Å². The zero-order valence-corrected chi connectivity index (χ0v) is 13.8. The van der Waals surface area contributed by atoms with Crippen molar-refractivity contribution in [1.82, 2.24) is 5.32 Å². The highest BCUT2D eigenvalue weighted by Crippen LogP contribution is 2.11. The van der Waals surface area contributed by atoms with Gasteiger partial charge in [-0.25, -0.2) is 0 Å². The molecule has 3 nitrogen and oxygen atoms in total. The fraction of sp³-hybridized carbons (Fsp3) is 0.471. The van der Waals surface area contributed by atoms with E-state index in [4.69, 9.17) is 5.73 Å². The van der Waals surface area contributed by atoms with Crippen LogP contribution in [-0.2, 0) is 0 Å². The van der Waals surface area contributed by atoms with Crippen LogP contribution in [0.2, 0.25) is 0 Å². The first-order valence-electron chi connectivity index (χ1n) is 7.26. The third-order valence-corrected chi connectivity index (χ3v) is 4.02. The second kappa shape index (κ2) is 9.49. The van der Waals surface area contributed by atoms with Crippen molar-refractivity contribution in [2.45, 2.75) is 33.2 Å². The molecule has 0 saturated heterocycles. The molecule has 114 valence electrons. The van der Waals surface area contributed by atoms with Crippen LogP contribution < -0.4 is 11.1 Å². The Kier molecular flexibility index (Phi) is 7.96. The Morgan fingerprint density at radius 3 is 2.86 bits per heavy atom. The Labute approximate surface area is 132 Å². The summed E-state index contributed by atoms with van der Waals surface area (Å²) in [6, 6.07) is 5.76. The van der Waals surface area contributed by atoms with Crippen LogP contribution in [0.5, 0.6) is 0 Å². The van der Waals surface area contributed by atoms with Crippen molar-refractivity contribution in [3.8, 4) is 11.8 Å². The lowest BCUT2D eigenvalue weighted by molar-refractivity contribution is 0.0939. The first kappa shape index (κ1) is 17.6. The monoisotopic (exact) mass is 304 g/mol. The number of thioether (sulfide) groups is 1. The lowest BCUT2D eigenvalue weighted by atomic mass is 10.0. The first-order valence-corrected chi connectivity index (χ1v) is 8.42. The minimum atomic E-state index is -0.0227. The molecule has 1 unspecified atom stereocenters. The molecule has 0 aliphatic heterocycles. The van der Waals surface area contributed by atoms with Crippen LogP contribution in [0.25, 0.3) is 0 Å². The number of hydrogen-bond donors (Lipinski definition) is 2. The predicted molar refractivity (Wildman–Crippen MR) is 91.7 cm³/mol. The van der Waals surface area contributed by atoms with Crippen LogP contribution >= 0.6 is 11.8 Å². The molecular formula is C17H24N2OS. The summed E-state index contributed by atoms with van der Waals surface area (Å²) in [7, 11) is 0. The number of hydrogen-bond acceptors (Lipinski definition) is 3. The van der Waals surface area contributed by atoms with Crippen molar-refractivity contribution in [2.75, 3.05) is 18.1 Å². The number of rotatable bonds is 6. The molecule has 0 radical (unpaired) electrons. The number of nitrogens with two attached hydrogens (primary N) is 1. The SMILES string of the molecule is CCSCCC(C)NC(=O)c1ccc(C#CCN)c(C)c1. The van der Waals surface area contributed by atoms with E-state index in [2.05, 4.69) is 24.1 Å². The van der Waals surface area contributed by atoms with Crippen LogP contribution in [0.3, 0.4) is 0 Å². The summed E-state index contributed by atoms with van der Waals surface area (Å²) in [4.78, 5) is 12.2. The third kappa shape index (κ3) is 6.24. The Bertz CT molecular complexity index is 531. The molecule has 1 amide bonds. The second-order valence-electron chi connectivity index (χ2n) is 4.90. The van der Waals surface area contributed by atoms with Gasteiger partial charge in [-0.3, -0.25) is 4.79 Å². The highest BCUT2D eigenvalue weighted by molar-refractivity contribution is 7.99.